The summed E-state index contributed by atoms with van der Waals surface area (Å²) in [5.74, 6) is 1.93. The molecule has 0 atom stereocenters. The molecule has 4 rings (SSSR count). The molecule has 0 amide bonds. The van der Waals surface area contributed by atoms with Gasteiger partial charge in [0.05, 0.1) is 23.7 Å². The van der Waals surface area contributed by atoms with Gasteiger partial charge in [-0.05, 0) is 119 Å². The van der Waals surface area contributed by atoms with Crippen molar-refractivity contribution in [2.24, 2.45) is 11.8 Å². The Balaban J connectivity index is 1.57. The molecule has 2 aromatic carbocycles. The standard InChI is InChI=1S/C34H51N5O2/c1-26(2)16-22-38(23-17-27(3)4)25-28-10-15-31-32(24-28)39(21-9-20-37-18-7-6-8-19-37)34(36-31)35-30-13-11-29(12-14-30)33(40)41-5/h10-15,24,26-27H,6-9,16-23,25H2,1-5H3,(H,35,36). The second kappa shape index (κ2) is 15.4. The number of esters is 1. The topological polar surface area (TPSA) is 62.6 Å². The van der Waals surface area contributed by atoms with Gasteiger partial charge in [0.15, 0.2) is 0 Å². The van der Waals surface area contributed by atoms with Crippen LogP contribution in [-0.4, -0.2) is 65.2 Å². The average Bonchev–Trinajstić information content (AvgIpc) is 3.30. The quantitative estimate of drug-likeness (QED) is 0.196. The van der Waals surface area contributed by atoms with Gasteiger partial charge >= 0.3 is 5.97 Å². The lowest BCUT2D eigenvalue weighted by Gasteiger charge is -2.26. The molecule has 2 heterocycles. The molecule has 0 bridgehead atoms. The lowest BCUT2D eigenvalue weighted by Crippen LogP contribution is -2.31. The van der Waals surface area contributed by atoms with Crippen molar-refractivity contribution in [1.82, 2.24) is 19.4 Å². The molecule has 0 radical (unpaired) electrons. The molecule has 1 saturated heterocycles. The number of nitrogens with zero attached hydrogens (tertiary/aromatic N) is 4. The Morgan fingerprint density at radius 2 is 1.63 bits per heavy atom. The number of carbonyl (C=O) groups is 1. The first-order chi connectivity index (χ1) is 19.8. The first kappa shape index (κ1) is 31.0. The minimum atomic E-state index is -0.329. The molecule has 1 aliphatic heterocycles. The van der Waals surface area contributed by atoms with Crippen LogP contribution >= 0.6 is 0 Å². The number of aromatic nitrogens is 2. The summed E-state index contributed by atoms with van der Waals surface area (Å²) < 4.78 is 7.21. The summed E-state index contributed by atoms with van der Waals surface area (Å²) >= 11 is 0. The van der Waals surface area contributed by atoms with E-state index in [0.29, 0.717) is 17.4 Å². The normalized spacial score (nSPS) is 14.4. The van der Waals surface area contributed by atoms with Crippen molar-refractivity contribution in [3.63, 3.8) is 0 Å². The van der Waals surface area contributed by atoms with E-state index in [2.05, 4.69) is 65.6 Å². The second-order valence-corrected chi connectivity index (χ2v) is 12.5. The van der Waals surface area contributed by atoms with Gasteiger partial charge in [0.2, 0.25) is 5.95 Å². The summed E-state index contributed by atoms with van der Waals surface area (Å²) in [5.41, 5.74) is 4.98. The first-order valence-corrected chi connectivity index (χ1v) is 15.7. The Morgan fingerprint density at radius 1 is 0.951 bits per heavy atom. The number of rotatable bonds is 15. The van der Waals surface area contributed by atoms with Crippen molar-refractivity contribution in [2.45, 2.75) is 79.3 Å². The number of hydrogen-bond donors (Lipinski definition) is 1. The fourth-order valence-electron chi connectivity index (χ4n) is 5.57. The van der Waals surface area contributed by atoms with Crippen molar-refractivity contribution in [3.8, 4) is 0 Å². The van der Waals surface area contributed by atoms with E-state index in [1.54, 1.807) is 12.1 Å². The van der Waals surface area contributed by atoms with E-state index in [1.165, 1.54) is 63.4 Å². The number of piperidine rings is 1. The van der Waals surface area contributed by atoms with Crippen molar-refractivity contribution >= 4 is 28.6 Å². The molecule has 1 fully saturated rings. The van der Waals surface area contributed by atoms with Crippen LogP contribution in [0.1, 0.15) is 82.1 Å². The number of hydrogen-bond acceptors (Lipinski definition) is 6. The van der Waals surface area contributed by atoms with Crippen LogP contribution in [0.2, 0.25) is 0 Å². The number of benzene rings is 2. The molecule has 1 N–H and O–H groups in total. The third-order valence-corrected chi connectivity index (χ3v) is 8.13. The maximum atomic E-state index is 11.9. The van der Waals surface area contributed by atoms with Gasteiger partial charge in [-0.25, -0.2) is 9.78 Å². The largest absolute Gasteiger partial charge is 0.465 e. The Bertz CT molecular complexity index is 1220. The molecule has 41 heavy (non-hydrogen) atoms. The number of fused-ring (bicyclic) bond motifs is 1. The molecule has 224 valence electrons. The van der Waals surface area contributed by atoms with Crippen LogP contribution in [0, 0.1) is 11.8 Å². The van der Waals surface area contributed by atoms with Crippen LogP contribution < -0.4 is 5.32 Å². The number of ether oxygens (including phenoxy) is 1. The van der Waals surface area contributed by atoms with Crippen molar-refractivity contribution in [2.75, 3.05) is 45.2 Å². The van der Waals surface area contributed by atoms with Crippen molar-refractivity contribution in [3.05, 3.63) is 53.6 Å². The molecule has 1 aliphatic rings. The SMILES string of the molecule is COC(=O)c1ccc(Nc2nc3ccc(CN(CCC(C)C)CCC(C)C)cc3n2CCCN2CCCCC2)cc1. The number of nitrogens with one attached hydrogen (secondary N) is 1. The van der Waals surface area contributed by atoms with E-state index < -0.39 is 0 Å². The smallest absolute Gasteiger partial charge is 0.337 e. The van der Waals surface area contributed by atoms with Crippen LogP contribution in [0.4, 0.5) is 11.6 Å². The van der Waals surface area contributed by atoms with Gasteiger partial charge in [0.1, 0.15) is 0 Å². The zero-order valence-electron chi connectivity index (χ0n) is 26.0. The Morgan fingerprint density at radius 3 is 2.27 bits per heavy atom. The monoisotopic (exact) mass is 561 g/mol. The Hall–Kier alpha value is -2.90. The van der Waals surface area contributed by atoms with E-state index in [9.17, 15) is 4.79 Å². The van der Waals surface area contributed by atoms with Crippen LogP contribution in [0.15, 0.2) is 42.5 Å². The fraction of sp³-hybridized carbons (Fsp3) is 0.588. The van der Waals surface area contributed by atoms with Crippen LogP contribution in [0.3, 0.4) is 0 Å². The lowest BCUT2D eigenvalue weighted by atomic mass is 10.1. The van der Waals surface area contributed by atoms with E-state index in [-0.39, 0.29) is 5.97 Å². The minimum absolute atomic E-state index is 0.329. The number of methoxy groups -OCH3 is 1. The average molecular weight is 562 g/mol. The Kier molecular flexibility index (Phi) is 11.6. The summed E-state index contributed by atoms with van der Waals surface area (Å²) in [5, 5.41) is 3.54. The maximum Gasteiger partial charge on any atom is 0.337 e. The van der Waals surface area contributed by atoms with Gasteiger partial charge in [-0.15, -0.1) is 0 Å². The van der Waals surface area contributed by atoms with Crippen LogP contribution in [-0.2, 0) is 17.8 Å². The molecule has 0 spiro atoms. The molecule has 3 aromatic rings. The highest BCUT2D eigenvalue weighted by Crippen LogP contribution is 2.26. The molecule has 0 unspecified atom stereocenters. The van der Waals surface area contributed by atoms with Crippen LogP contribution in [0.25, 0.3) is 11.0 Å². The molecule has 0 saturated carbocycles. The molecular formula is C34H51N5O2. The van der Waals surface area contributed by atoms with Crippen molar-refractivity contribution < 1.29 is 9.53 Å². The zero-order valence-corrected chi connectivity index (χ0v) is 26.0. The van der Waals surface area contributed by atoms with Gasteiger partial charge in [-0.3, -0.25) is 4.90 Å². The zero-order chi connectivity index (χ0) is 29.2. The number of carbonyl (C=O) groups excluding carboxylic acids is 1. The number of imidazole rings is 1. The van der Waals surface area contributed by atoms with E-state index in [1.807, 2.05) is 12.1 Å². The summed E-state index contributed by atoms with van der Waals surface area (Å²) in [6.45, 7) is 16.9. The molecular weight excluding hydrogens is 510 g/mol. The van der Waals surface area contributed by atoms with Crippen molar-refractivity contribution in [1.29, 1.82) is 0 Å². The molecule has 1 aromatic heterocycles. The molecule has 0 aliphatic carbocycles. The van der Waals surface area contributed by atoms with Gasteiger partial charge in [-0.1, -0.05) is 40.2 Å². The highest BCUT2D eigenvalue weighted by atomic mass is 16.5. The van der Waals surface area contributed by atoms with E-state index in [0.717, 1.165) is 56.3 Å². The summed E-state index contributed by atoms with van der Waals surface area (Å²) in [6.07, 6.45) is 7.51. The number of anilines is 2. The highest BCUT2D eigenvalue weighted by molar-refractivity contribution is 5.89. The van der Waals surface area contributed by atoms with Gasteiger partial charge in [0, 0.05) is 18.8 Å². The summed E-state index contributed by atoms with van der Waals surface area (Å²) in [4.78, 5) is 22.1. The van der Waals surface area contributed by atoms with Crippen LogP contribution in [0.5, 0.6) is 0 Å². The second-order valence-electron chi connectivity index (χ2n) is 12.5. The van der Waals surface area contributed by atoms with Gasteiger partial charge in [0.25, 0.3) is 0 Å². The summed E-state index contributed by atoms with van der Waals surface area (Å²) in [6, 6.07) is 14.2. The number of aryl methyl sites for hydroxylation is 1. The summed E-state index contributed by atoms with van der Waals surface area (Å²) in [7, 11) is 1.41. The third kappa shape index (κ3) is 9.30. The third-order valence-electron chi connectivity index (χ3n) is 8.13. The maximum absolute atomic E-state index is 11.9. The predicted molar refractivity (Wildman–Crippen MR) is 170 cm³/mol. The van der Waals surface area contributed by atoms with E-state index >= 15 is 0 Å². The fourth-order valence-corrected chi connectivity index (χ4v) is 5.57. The first-order valence-electron chi connectivity index (χ1n) is 15.7. The highest BCUT2D eigenvalue weighted by Gasteiger charge is 2.16. The molecule has 7 nitrogen and oxygen atoms in total. The lowest BCUT2D eigenvalue weighted by molar-refractivity contribution is 0.0600. The predicted octanol–water partition coefficient (Wildman–Crippen LogP) is 7.34. The van der Waals surface area contributed by atoms with E-state index in [4.69, 9.17) is 9.72 Å². The van der Waals surface area contributed by atoms with Gasteiger partial charge < -0.3 is 19.5 Å². The number of likely N-dealkylation sites (tertiary alicyclic amines) is 1. The Labute approximate surface area is 247 Å². The minimum Gasteiger partial charge on any atom is -0.465 e. The molecule has 7 heteroatoms. The van der Waals surface area contributed by atoms with Gasteiger partial charge in [-0.2, -0.15) is 0 Å².